The van der Waals surface area contributed by atoms with Crippen molar-refractivity contribution in [3.8, 4) is 22.8 Å². The smallest absolute Gasteiger partial charge is 0.398 e. The van der Waals surface area contributed by atoms with Crippen molar-refractivity contribution in [2.75, 3.05) is 0 Å². The van der Waals surface area contributed by atoms with E-state index in [9.17, 15) is 0 Å². The highest BCUT2D eigenvalue weighted by Gasteiger charge is 2.52. The molecule has 7 rings (SSSR count). The highest BCUT2D eigenvalue weighted by atomic mass is 79.9. The zero-order valence-electron chi connectivity index (χ0n) is 30.9. The number of aromatic nitrogens is 9. The van der Waals surface area contributed by atoms with Gasteiger partial charge in [0, 0.05) is 79.0 Å². The Morgan fingerprint density at radius 3 is 1.31 bits per heavy atom. The third kappa shape index (κ3) is 10.3. The van der Waals surface area contributed by atoms with Gasteiger partial charge in [0.2, 0.25) is 0 Å². The van der Waals surface area contributed by atoms with Gasteiger partial charge in [-0.15, -0.1) is 0 Å². The lowest BCUT2D eigenvalue weighted by atomic mass is 9.85. The summed E-state index contributed by atoms with van der Waals surface area (Å²) in [6, 6.07) is 11.1. The van der Waals surface area contributed by atoms with Crippen molar-refractivity contribution >= 4 is 63.4 Å². The maximum atomic E-state index is 6.00. The molecule has 0 bridgehead atoms. The van der Waals surface area contributed by atoms with Crippen LogP contribution in [0.15, 0.2) is 78.2 Å². The zero-order valence-corrected chi connectivity index (χ0v) is 34.7. The van der Waals surface area contributed by atoms with Gasteiger partial charge in [0.15, 0.2) is 0 Å². The highest BCUT2D eigenvalue weighted by molar-refractivity contribution is 9.10. The summed E-state index contributed by atoms with van der Waals surface area (Å²) in [6.07, 6.45) is 10.7. The first-order valence-electron chi connectivity index (χ1n) is 16.2. The zero-order chi connectivity index (χ0) is 38.4. The molecule has 0 atom stereocenters. The van der Waals surface area contributed by atoms with E-state index < -0.39 is 0 Å². The van der Waals surface area contributed by atoms with Gasteiger partial charge < -0.3 is 9.31 Å². The van der Waals surface area contributed by atoms with E-state index in [-0.39, 0.29) is 18.3 Å². The summed E-state index contributed by atoms with van der Waals surface area (Å²) in [5.41, 5.74) is 6.55. The van der Waals surface area contributed by atoms with Gasteiger partial charge in [-0.3, -0.25) is 24.0 Å². The van der Waals surface area contributed by atoms with Crippen LogP contribution in [0.3, 0.4) is 0 Å². The Morgan fingerprint density at radius 2 is 0.962 bits per heavy atom. The largest absolute Gasteiger partial charge is 0.516 e. The van der Waals surface area contributed by atoms with Crippen molar-refractivity contribution in [2.45, 2.75) is 59.7 Å². The van der Waals surface area contributed by atoms with Crippen LogP contribution in [0.4, 0.5) is 0 Å². The Kier molecular flexibility index (Phi) is 13.9. The number of nitrogens with zero attached hydrogens (tertiary/aromatic N) is 9. The molecular formula is C36H42BBrCl3N9O2. The second-order valence-corrected chi connectivity index (χ2v) is 15.0. The van der Waals surface area contributed by atoms with Crippen LogP contribution in [-0.2, 0) is 30.5 Å². The molecule has 1 fully saturated rings. The molecule has 6 aromatic heterocycles. The number of hydrogen-bond donors (Lipinski definition) is 0. The fourth-order valence-corrected chi connectivity index (χ4v) is 5.52. The molecular weight excluding hydrogens is 788 g/mol. The van der Waals surface area contributed by atoms with Crippen LogP contribution in [0, 0.1) is 20.8 Å². The quantitative estimate of drug-likeness (QED) is 0.129. The normalized spacial score (nSPS) is 14.1. The Morgan fingerprint density at radius 1 is 0.577 bits per heavy atom. The monoisotopic (exact) mass is 827 g/mol. The van der Waals surface area contributed by atoms with E-state index in [0.717, 1.165) is 64.7 Å². The molecule has 0 radical (unpaired) electrons. The predicted molar refractivity (Wildman–Crippen MR) is 213 cm³/mol. The summed E-state index contributed by atoms with van der Waals surface area (Å²) >= 11 is 21.0. The number of halogens is 4. The topological polar surface area (TPSA) is 111 Å². The van der Waals surface area contributed by atoms with Gasteiger partial charge in [0.25, 0.3) is 0 Å². The van der Waals surface area contributed by atoms with Crippen molar-refractivity contribution in [1.82, 2.24) is 44.3 Å². The van der Waals surface area contributed by atoms with E-state index in [1.165, 1.54) is 0 Å². The van der Waals surface area contributed by atoms with Crippen LogP contribution in [0.1, 0.15) is 44.4 Å². The van der Waals surface area contributed by atoms with Crippen LogP contribution in [0.5, 0.6) is 0 Å². The van der Waals surface area contributed by atoms with Crippen LogP contribution in [-0.4, -0.2) is 62.6 Å². The van der Waals surface area contributed by atoms with Gasteiger partial charge in [-0.25, -0.2) is 4.98 Å². The number of rotatable bonds is 3. The third-order valence-corrected chi connectivity index (χ3v) is 10.5. The SMILES string of the molecule is Cc1c(Cl)ccnc1-c1ccn(C)n1.Cc1c(Cl)ccnc1-c1ccn(C)n1.Cc1c(Cl)ccnc1Br.Cn1ccc(B2OC(C)(C)C(C)(C)O2)n1. The second-order valence-electron chi connectivity index (χ2n) is 13.0. The molecule has 274 valence electrons. The summed E-state index contributed by atoms with van der Waals surface area (Å²) in [6.45, 7) is 14.0. The standard InChI is InChI=1S/C10H17BN2O2.2C10H10ClN3.C6H5BrClN/c1-9(2)10(3,4)15-11(14-9)8-6-7-13(5)12-8;2*1-7-8(11)3-5-12-10(7)9-4-6-14(2)13-9;1-4-5(8)2-3-9-6(4)7/h6-7H,1-5H3;2*3-6H,1-2H3;2-3H,1H3. The first-order valence-corrected chi connectivity index (χ1v) is 18.2. The van der Waals surface area contributed by atoms with E-state index in [1.807, 2.05) is 106 Å². The molecule has 16 heteroatoms. The lowest BCUT2D eigenvalue weighted by molar-refractivity contribution is 0.00578. The van der Waals surface area contributed by atoms with Crippen molar-refractivity contribution in [1.29, 1.82) is 0 Å². The van der Waals surface area contributed by atoms with Crippen molar-refractivity contribution < 1.29 is 9.31 Å². The van der Waals surface area contributed by atoms with Gasteiger partial charge in [0.05, 0.1) is 28.2 Å². The summed E-state index contributed by atoms with van der Waals surface area (Å²) in [5, 5.41) is 15.0. The minimum absolute atomic E-state index is 0.296. The maximum absolute atomic E-state index is 6.00. The highest BCUT2D eigenvalue weighted by Crippen LogP contribution is 2.36. The molecule has 0 aromatic carbocycles. The van der Waals surface area contributed by atoms with Gasteiger partial charge in [-0.2, -0.15) is 15.3 Å². The van der Waals surface area contributed by atoms with Crippen molar-refractivity contribution in [3.05, 3.63) is 110 Å². The van der Waals surface area contributed by atoms with Gasteiger partial charge in [0.1, 0.15) is 16.0 Å². The maximum Gasteiger partial charge on any atom is 0.516 e. The minimum atomic E-state index is -0.351. The molecule has 6 aromatic rings. The summed E-state index contributed by atoms with van der Waals surface area (Å²) in [5.74, 6) is 0. The molecule has 52 heavy (non-hydrogen) atoms. The number of pyridine rings is 3. The third-order valence-electron chi connectivity index (χ3n) is 8.49. The van der Waals surface area contributed by atoms with E-state index in [4.69, 9.17) is 44.1 Å². The molecule has 1 aliphatic rings. The Labute approximate surface area is 328 Å². The average molecular weight is 830 g/mol. The molecule has 0 amide bonds. The van der Waals surface area contributed by atoms with Gasteiger partial charge >= 0.3 is 7.12 Å². The fourth-order valence-electron chi connectivity index (χ4n) is 4.63. The molecule has 0 aliphatic carbocycles. The Hall–Kier alpha value is -3.59. The number of aryl methyl sites for hydroxylation is 3. The molecule has 0 saturated carbocycles. The number of hydrogen-bond acceptors (Lipinski definition) is 8. The van der Waals surface area contributed by atoms with Gasteiger partial charge in [-0.1, -0.05) is 34.8 Å². The van der Waals surface area contributed by atoms with Crippen molar-refractivity contribution in [2.24, 2.45) is 21.1 Å². The summed E-state index contributed by atoms with van der Waals surface area (Å²) < 4.78 is 17.8. The molecule has 11 nitrogen and oxygen atoms in total. The summed E-state index contributed by atoms with van der Waals surface area (Å²) in [4.78, 5) is 12.5. The first kappa shape index (κ1) is 41.2. The molecule has 1 saturated heterocycles. The van der Waals surface area contributed by atoms with Crippen LogP contribution in [0.2, 0.25) is 15.1 Å². The Bertz CT molecular complexity index is 1990. The molecule has 0 N–H and O–H groups in total. The second kappa shape index (κ2) is 17.5. The van der Waals surface area contributed by atoms with E-state index in [2.05, 4.69) is 46.2 Å². The molecule has 7 heterocycles. The lowest BCUT2D eigenvalue weighted by Gasteiger charge is -2.32. The van der Waals surface area contributed by atoms with Gasteiger partial charge in [-0.05, 0) is 112 Å². The fraction of sp³-hybridized carbons (Fsp3) is 0.333. The molecule has 0 spiro atoms. The Balaban J connectivity index is 0.000000157. The van der Waals surface area contributed by atoms with Crippen LogP contribution < -0.4 is 5.59 Å². The average Bonchev–Trinajstić information content (AvgIpc) is 3.87. The molecule has 0 unspecified atom stereocenters. The molecule has 1 aliphatic heterocycles. The lowest BCUT2D eigenvalue weighted by Crippen LogP contribution is -2.41. The van der Waals surface area contributed by atoms with Crippen LogP contribution in [0.25, 0.3) is 22.8 Å². The summed E-state index contributed by atoms with van der Waals surface area (Å²) in [7, 11) is 5.29. The predicted octanol–water partition coefficient (Wildman–Crippen LogP) is 8.41. The van der Waals surface area contributed by atoms with Crippen LogP contribution >= 0.6 is 50.7 Å². The van der Waals surface area contributed by atoms with Crippen molar-refractivity contribution in [3.63, 3.8) is 0 Å². The van der Waals surface area contributed by atoms with E-state index in [1.54, 1.807) is 50.8 Å². The van der Waals surface area contributed by atoms with E-state index in [0.29, 0.717) is 0 Å². The van der Waals surface area contributed by atoms with E-state index >= 15 is 0 Å². The first-order chi connectivity index (χ1) is 24.4. The minimum Gasteiger partial charge on any atom is -0.398 e.